The number of piperazine rings is 2. The van der Waals surface area contributed by atoms with Crippen molar-refractivity contribution in [3.8, 4) is 11.4 Å². The number of fused-ring (bicyclic) bond motifs is 2. The first kappa shape index (κ1) is 70.1. The molecule has 457 valence electrons. The molecule has 8 aromatic rings. The van der Waals surface area contributed by atoms with Gasteiger partial charge in [-0.1, -0.05) is 39.1 Å². The van der Waals surface area contributed by atoms with Crippen LogP contribution in [0, 0.1) is 34.6 Å². The molecule has 4 aromatic heterocycles. The summed E-state index contributed by atoms with van der Waals surface area (Å²) in [6.07, 6.45) is 9.12. The zero-order valence-electron chi connectivity index (χ0n) is 50.6. The molecule has 0 aliphatic carbocycles. The number of nitrogens with one attached hydrogen (secondary N) is 3. The third kappa shape index (κ3) is 19.9. The number of hydrogen-bond donors (Lipinski definition) is 4. The summed E-state index contributed by atoms with van der Waals surface area (Å²) in [6.45, 7) is 35.2. The molecule has 1 atom stereocenters. The van der Waals surface area contributed by atoms with Gasteiger partial charge in [0.25, 0.3) is 11.1 Å². The van der Waals surface area contributed by atoms with Crippen LogP contribution in [0.2, 0.25) is 0 Å². The Morgan fingerprint density at radius 3 is 1.41 bits per heavy atom. The number of carbonyl (C=O) groups excluding carboxylic acids is 2. The molecule has 6 heterocycles. The Morgan fingerprint density at radius 1 is 0.605 bits per heavy atom. The van der Waals surface area contributed by atoms with Crippen LogP contribution in [-0.2, 0) is 36.9 Å². The van der Waals surface area contributed by atoms with Crippen LogP contribution in [0.1, 0.15) is 44.7 Å². The minimum absolute atomic E-state index is 0. The second-order valence-electron chi connectivity index (χ2n) is 19.6. The first-order valence-electron chi connectivity index (χ1n) is 28.0. The molecular weight excluding hydrogens is 1150 g/mol. The van der Waals surface area contributed by atoms with Crippen LogP contribution in [-0.4, -0.2) is 128 Å². The van der Waals surface area contributed by atoms with Gasteiger partial charge in [0.1, 0.15) is 0 Å². The first-order valence-corrected chi connectivity index (χ1v) is 29.5. The molecule has 1 radical (unpaired) electrons. The van der Waals surface area contributed by atoms with E-state index in [2.05, 4.69) is 123 Å². The molecule has 2 aliphatic rings. The molecule has 5 N–H and O–H groups in total. The summed E-state index contributed by atoms with van der Waals surface area (Å²) in [5.41, 5.74) is 13.8. The van der Waals surface area contributed by atoms with Gasteiger partial charge in [0.05, 0.1) is 22.2 Å². The van der Waals surface area contributed by atoms with Crippen molar-refractivity contribution in [1.82, 2.24) is 38.9 Å². The van der Waals surface area contributed by atoms with Gasteiger partial charge in [0.2, 0.25) is 22.9 Å². The van der Waals surface area contributed by atoms with Crippen LogP contribution in [0.25, 0.3) is 33.4 Å². The largest absolute Gasteiger partial charge is 3.00 e. The number of likely N-dealkylation sites (N-methyl/N-ethyl adjacent to an activating group) is 2. The van der Waals surface area contributed by atoms with Gasteiger partial charge in [-0.05, 0) is 136 Å². The predicted octanol–water partition coefficient (Wildman–Crippen LogP) is 9.98. The fourth-order valence-corrected chi connectivity index (χ4v) is 9.14. The Balaban J connectivity index is 0.000000280. The molecule has 4 aromatic carbocycles. The maximum Gasteiger partial charge on any atom is 3.00 e. The average molecular weight is 1230 g/mol. The van der Waals surface area contributed by atoms with Crippen molar-refractivity contribution >= 4 is 84.8 Å². The molecule has 0 saturated carbocycles. The van der Waals surface area contributed by atoms with Gasteiger partial charge in [-0.2, -0.15) is 24.7 Å². The van der Waals surface area contributed by atoms with E-state index in [0.717, 1.165) is 99.2 Å². The predicted molar refractivity (Wildman–Crippen MR) is 352 cm³/mol. The standard InChI is InChI=1S/C28H29N7O2.C18H16N4O3S.C11H17N3.2C3H7.C2H5.Ni/c1-4-25(36)30-21-6-5-7-23(17-21)35-26(37)16-19(2)24-18-29-28(32-27(24)35)31-20-8-10-22(11-9-20)34-14-12-33(3)13-15-34;1-4-15(23)20-12-6-5-7-13(9-12)22-16(24)8-11(2)14-10-19-18(26(3)25)21-17(14)22;1-13-6-8-14(9-7-13)11-4-2-10(12)3-5-11;2*1-3-2;1-2;/h4-11,16-18H,1,12-15H2,2-3H3,(H,30,36)(H,29,31,32);4-10H,1H2,2-3H3,(H,20,23);2-5H,6-9,12H2,1H3;2*1,3H2,2H3;1H2,2H3;/q;;;3*-1;+3. The first-order chi connectivity index (χ1) is 40.9. The third-order valence-corrected chi connectivity index (χ3v) is 13.7. The maximum atomic E-state index is 13.1. The number of hydrogen-bond acceptors (Lipinski definition) is 15. The van der Waals surface area contributed by atoms with E-state index in [0.29, 0.717) is 45.4 Å². The number of nitrogens with zero attached hydrogens (tertiary/aromatic N) is 10. The van der Waals surface area contributed by atoms with E-state index < -0.39 is 10.8 Å². The second kappa shape index (κ2) is 35.2. The van der Waals surface area contributed by atoms with Gasteiger partial charge in [-0.15, -0.1) is 0 Å². The summed E-state index contributed by atoms with van der Waals surface area (Å²) in [5, 5.41) is 10.2. The van der Waals surface area contributed by atoms with Crippen LogP contribution in [0.5, 0.6) is 0 Å². The number of pyridine rings is 2. The molecule has 21 heteroatoms. The van der Waals surface area contributed by atoms with Crippen molar-refractivity contribution in [3.05, 3.63) is 200 Å². The van der Waals surface area contributed by atoms with Gasteiger partial charge in [-0.3, -0.25) is 32.5 Å². The number of rotatable bonds is 11. The van der Waals surface area contributed by atoms with Crippen molar-refractivity contribution in [1.29, 1.82) is 0 Å². The van der Waals surface area contributed by atoms with Crippen LogP contribution in [0.4, 0.5) is 40.1 Å². The Labute approximate surface area is 518 Å². The average Bonchev–Trinajstić information content (AvgIpc) is 1.23. The number of nitrogen functional groups attached to an aromatic ring is 1. The van der Waals surface area contributed by atoms with Crippen LogP contribution in [0.3, 0.4) is 0 Å². The SMILES string of the molecule is C=CC(=O)Nc1cccc(-n2c(=O)cc(C)c3cnc(Nc4ccc(N5CCN(C)CC5)cc4)nc32)c1.C=CC(=O)Nc1cccc(-n2c(=O)cc(C)c3cnc(S(C)=O)nc32)c1.CN1CCN(c2ccc(N)cc2)CC1.[CH2-]C.[CH2-]CC.[CH2-]CC.[Ni+3]. The van der Waals surface area contributed by atoms with E-state index >= 15 is 0 Å². The van der Waals surface area contributed by atoms with Gasteiger partial charge in [0, 0.05) is 128 Å². The second-order valence-corrected chi connectivity index (χ2v) is 20.9. The number of nitrogens with two attached hydrogens (primary N) is 1. The molecule has 2 saturated heterocycles. The Hall–Kier alpha value is -8.36. The maximum absolute atomic E-state index is 13.1. The zero-order valence-corrected chi connectivity index (χ0v) is 52.4. The third-order valence-electron chi connectivity index (χ3n) is 13.0. The molecular formula is C65H81N14NiO5S. The molecule has 0 spiro atoms. The number of aryl methyl sites for hydroxylation is 2. The van der Waals surface area contributed by atoms with E-state index in [1.165, 1.54) is 38.9 Å². The van der Waals surface area contributed by atoms with Crippen LogP contribution >= 0.6 is 0 Å². The number of anilines is 7. The van der Waals surface area contributed by atoms with Crippen molar-refractivity contribution in [2.75, 3.05) is 104 Å². The Morgan fingerprint density at radius 2 is 1.00 bits per heavy atom. The summed E-state index contributed by atoms with van der Waals surface area (Å²) >= 11 is 0. The number of benzene rings is 4. The van der Waals surface area contributed by atoms with E-state index in [1.54, 1.807) is 80.8 Å². The Kier molecular flexibility index (Phi) is 28.7. The van der Waals surface area contributed by atoms with E-state index in [1.807, 2.05) is 45.0 Å². The van der Waals surface area contributed by atoms with Gasteiger partial charge in [0.15, 0.2) is 11.3 Å². The topological polar surface area (TPSA) is 222 Å². The number of carbonyl (C=O) groups is 2. The minimum atomic E-state index is -1.38. The zero-order chi connectivity index (χ0) is 62.2. The summed E-state index contributed by atoms with van der Waals surface area (Å²) in [5.74, 6) is -0.297. The van der Waals surface area contributed by atoms with E-state index in [4.69, 9.17) is 10.7 Å². The van der Waals surface area contributed by atoms with Crippen molar-refractivity contribution in [2.45, 2.75) is 52.6 Å². The molecule has 2 aliphatic heterocycles. The molecule has 10 rings (SSSR count). The van der Waals surface area contributed by atoms with Gasteiger partial charge < -0.3 is 62.1 Å². The quantitative estimate of drug-likeness (QED) is 0.0311. The number of aromatic nitrogens is 6. The molecule has 86 heavy (non-hydrogen) atoms. The minimum Gasteiger partial charge on any atom is -0.399 e. The van der Waals surface area contributed by atoms with Crippen molar-refractivity contribution < 1.29 is 30.3 Å². The van der Waals surface area contributed by atoms with Crippen molar-refractivity contribution in [2.24, 2.45) is 0 Å². The molecule has 2 amide bonds. The van der Waals surface area contributed by atoms with E-state index in [9.17, 15) is 23.4 Å². The number of amides is 2. The monoisotopic (exact) mass is 1230 g/mol. The van der Waals surface area contributed by atoms with Crippen LogP contribution < -0.4 is 42.6 Å². The molecule has 19 nitrogen and oxygen atoms in total. The smallest absolute Gasteiger partial charge is 0.399 e. The summed E-state index contributed by atoms with van der Waals surface area (Å²) in [6, 6.07) is 33.2. The summed E-state index contributed by atoms with van der Waals surface area (Å²) in [7, 11) is 2.93. The van der Waals surface area contributed by atoms with Crippen LogP contribution in [0.15, 0.2) is 162 Å². The summed E-state index contributed by atoms with van der Waals surface area (Å²) < 4.78 is 14.7. The fraction of sp³-hybridized carbons (Fsp3) is 0.277. The van der Waals surface area contributed by atoms with Gasteiger partial charge >= 0.3 is 16.5 Å². The molecule has 0 bridgehead atoms. The molecule has 1 unspecified atom stereocenters. The molecule has 2 fully saturated rings. The normalized spacial score (nSPS) is 13.1. The van der Waals surface area contributed by atoms with Crippen molar-refractivity contribution in [3.63, 3.8) is 0 Å². The Bertz CT molecular complexity index is 3650. The summed E-state index contributed by atoms with van der Waals surface area (Å²) in [4.78, 5) is 76.1. The van der Waals surface area contributed by atoms with E-state index in [-0.39, 0.29) is 44.6 Å². The fourth-order valence-electron chi connectivity index (χ4n) is 8.72. The van der Waals surface area contributed by atoms with Gasteiger partial charge in [-0.25, -0.2) is 15.0 Å².